The van der Waals surface area contributed by atoms with Gasteiger partial charge in [-0.1, -0.05) is 51.1 Å². The average Bonchev–Trinajstić information content (AvgIpc) is 3.47. The summed E-state index contributed by atoms with van der Waals surface area (Å²) in [4.78, 5) is 21.1. The van der Waals surface area contributed by atoms with E-state index in [1.165, 1.54) is 5.56 Å². The van der Waals surface area contributed by atoms with Crippen molar-refractivity contribution in [3.8, 4) is 0 Å². The number of aromatic nitrogens is 2. The highest BCUT2D eigenvalue weighted by atomic mass is 19.1. The Balaban J connectivity index is 1.13. The molecule has 1 aromatic heterocycles. The lowest BCUT2D eigenvalue weighted by Crippen LogP contribution is -2.71. The summed E-state index contributed by atoms with van der Waals surface area (Å²) in [6.07, 6.45) is 8.23. The molecule has 222 valence electrons. The van der Waals surface area contributed by atoms with Crippen LogP contribution in [0.2, 0.25) is 0 Å². The molecule has 1 amide bonds. The first-order chi connectivity index (χ1) is 19.9. The minimum atomic E-state index is -1.11. The number of carbonyl (C=O) groups excluding carboxylic acids is 1. The number of hydrogen-bond donors (Lipinski definition) is 1. The Bertz CT molecular complexity index is 1460. The second kappa shape index (κ2) is 9.39. The van der Waals surface area contributed by atoms with Gasteiger partial charge in [0.25, 0.3) is 0 Å². The summed E-state index contributed by atoms with van der Waals surface area (Å²) in [6.45, 7) is 9.13. The average molecular weight is 571 g/mol. The van der Waals surface area contributed by atoms with E-state index in [2.05, 4.69) is 68.5 Å². The van der Waals surface area contributed by atoms with Crippen molar-refractivity contribution in [1.29, 1.82) is 0 Å². The van der Waals surface area contributed by atoms with Gasteiger partial charge in [-0.05, 0) is 106 Å². The van der Waals surface area contributed by atoms with Crippen LogP contribution in [0, 0.1) is 10.8 Å². The van der Waals surface area contributed by atoms with Crippen LogP contribution in [0.1, 0.15) is 103 Å². The fourth-order valence-corrected chi connectivity index (χ4v) is 8.11. The van der Waals surface area contributed by atoms with Crippen molar-refractivity contribution in [3.05, 3.63) is 65.8 Å². The lowest BCUT2D eigenvalue weighted by molar-refractivity contribution is -0.211. The fourth-order valence-electron chi connectivity index (χ4n) is 8.11. The number of nitrogens with zero attached hydrogens (tertiary/aromatic N) is 3. The Morgan fingerprint density at radius 2 is 1.64 bits per heavy atom. The first-order valence-corrected chi connectivity index (χ1v) is 15.8. The van der Waals surface area contributed by atoms with E-state index in [4.69, 9.17) is 9.51 Å². The summed E-state index contributed by atoms with van der Waals surface area (Å²) in [5, 5.41) is 7.98. The molecule has 6 aliphatic rings. The summed E-state index contributed by atoms with van der Waals surface area (Å²) >= 11 is 0. The summed E-state index contributed by atoms with van der Waals surface area (Å²) in [5.74, 6) is 1.67. The standard InChI is InChI=1S/C35H43FN4O2/c1-5-24-9-11-25(12-10-24)37-26-7-6-8-27(19-26)40(30(41)34-20-35(36,21-34)22-34)23-32-13-16-33(17-14-32,18-15-32)28-38-29(42-39-28)31(2,3)4/h6-12,19,37H,5,13-18,20-23H2,1-4H3. The van der Waals surface area contributed by atoms with Gasteiger partial charge in [0.15, 0.2) is 5.82 Å². The minimum absolute atomic E-state index is 0.0325. The summed E-state index contributed by atoms with van der Waals surface area (Å²) < 4.78 is 20.3. The van der Waals surface area contributed by atoms with Crippen LogP contribution in [0.15, 0.2) is 53.1 Å². The maximum Gasteiger partial charge on any atom is 0.233 e. The molecule has 0 aliphatic heterocycles. The second-order valence-corrected chi connectivity index (χ2v) is 15.0. The third-order valence-corrected chi connectivity index (χ3v) is 10.9. The van der Waals surface area contributed by atoms with Crippen LogP contribution < -0.4 is 10.2 Å². The van der Waals surface area contributed by atoms with Gasteiger partial charge in [-0.2, -0.15) is 4.98 Å². The van der Waals surface area contributed by atoms with Crippen LogP contribution in [0.25, 0.3) is 0 Å². The Morgan fingerprint density at radius 3 is 2.21 bits per heavy atom. The third kappa shape index (κ3) is 4.55. The molecule has 7 heteroatoms. The van der Waals surface area contributed by atoms with Crippen LogP contribution in [0.4, 0.5) is 21.5 Å². The highest BCUT2D eigenvalue weighted by Gasteiger charge is 2.73. The molecule has 1 N–H and O–H groups in total. The van der Waals surface area contributed by atoms with E-state index < -0.39 is 11.1 Å². The van der Waals surface area contributed by atoms with Gasteiger partial charge in [-0.15, -0.1) is 0 Å². The number of nitrogens with one attached hydrogen (secondary N) is 1. The molecule has 0 radical (unpaired) electrons. The number of benzene rings is 2. The number of alkyl halides is 1. The lowest BCUT2D eigenvalue weighted by atomic mass is 9.41. The van der Waals surface area contributed by atoms with E-state index in [9.17, 15) is 9.18 Å². The van der Waals surface area contributed by atoms with E-state index in [-0.39, 0.29) is 22.2 Å². The highest BCUT2D eigenvalue weighted by molar-refractivity contribution is 6.00. The number of carbonyl (C=O) groups is 1. The predicted molar refractivity (Wildman–Crippen MR) is 163 cm³/mol. The Kier molecular flexibility index (Phi) is 6.17. The smallest absolute Gasteiger partial charge is 0.233 e. The molecule has 0 saturated heterocycles. The van der Waals surface area contributed by atoms with Crippen molar-refractivity contribution in [2.45, 2.75) is 108 Å². The van der Waals surface area contributed by atoms with Crippen molar-refractivity contribution in [2.75, 3.05) is 16.8 Å². The SMILES string of the molecule is CCc1ccc(Nc2cccc(N(CC34CCC(c5noc(C(C)(C)C)n5)(CC3)CC4)C(=O)C34CC(F)(C3)C4)c2)cc1. The Morgan fingerprint density at radius 1 is 0.976 bits per heavy atom. The van der Waals surface area contributed by atoms with Crippen molar-refractivity contribution in [2.24, 2.45) is 10.8 Å². The number of hydrogen-bond acceptors (Lipinski definition) is 5. The number of fused-ring (bicyclic) bond motifs is 3. The molecule has 6 nitrogen and oxygen atoms in total. The number of anilines is 3. The lowest BCUT2D eigenvalue weighted by Gasteiger charge is -2.65. The normalized spacial score (nSPS) is 31.3. The van der Waals surface area contributed by atoms with Gasteiger partial charge in [-0.25, -0.2) is 4.39 Å². The molecule has 2 aromatic carbocycles. The molecule has 9 rings (SSSR count). The van der Waals surface area contributed by atoms with Gasteiger partial charge in [0.2, 0.25) is 11.8 Å². The van der Waals surface area contributed by atoms with Crippen molar-refractivity contribution < 1.29 is 13.7 Å². The van der Waals surface area contributed by atoms with Gasteiger partial charge < -0.3 is 14.7 Å². The largest absolute Gasteiger partial charge is 0.355 e. The zero-order valence-corrected chi connectivity index (χ0v) is 25.4. The number of amides is 1. The zero-order valence-electron chi connectivity index (χ0n) is 25.4. The molecule has 0 atom stereocenters. The molecule has 0 spiro atoms. The van der Waals surface area contributed by atoms with Crippen LogP contribution in [0.3, 0.4) is 0 Å². The molecule has 6 fully saturated rings. The van der Waals surface area contributed by atoms with Gasteiger partial charge >= 0.3 is 0 Å². The van der Waals surface area contributed by atoms with Crippen molar-refractivity contribution in [1.82, 2.24) is 10.1 Å². The molecular weight excluding hydrogens is 527 g/mol. The van der Waals surface area contributed by atoms with Gasteiger partial charge in [-0.3, -0.25) is 4.79 Å². The molecular formula is C35H43FN4O2. The summed E-state index contributed by atoms with van der Waals surface area (Å²) in [7, 11) is 0. The van der Waals surface area contributed by atoms with E-state index in [1.54, 1.807) is 0 Å². The number of halogens is 1. The molecule has 1 heterocycles. The van der Waals surface area contributed by atoms with Gasteiger partial charge in [0, 0.05) is 34.4 Å². The quantitative estimate of drug-likeness (QED) is 0.296. The van der Waals surface area contributed by atoms with Crippen LogP contribution in [-0.2, 0) is 22.0 Å². The molecule has 6 aliphatic carbocycles. The van der Waals surface area contributed by atoms with E-state index in [0.29, 0.717) is 31.7 Å². The summed E-state index contributed by atoms with van der Waals surface area (Å²) in [6, 6.07) is 16.7. The Hall–Kier alpha value is -3.22. The van der Waals surface area contributed by atoms with E-state index >= 15 is 0 Å². The van der Waals surface area contributed by atoms with E-state index in [1.807, 2.05) is 23.1 Å². The van der Waals surface area contributed by atoms with Crippen molar-refractivity contribution in [3.63, 3.8) is 0 Å². The molecule has 6 saturated carbocycles. The monoisotopic (exact) mass is 570 g/mol. The maximum atomic E-state index is 14.6. The third-order valence-electron chi connectivity index (χ3n) is 10.9. The van der Waals surface area contributed by atoms with Crippen LogP contribution in [0.5, 0.6) is 0 Å². The topological polar surface area (TPSA) is 71.3 Å². The summed E-state index contributed by atoms with van der Waals surface area (Å²) in [5.41, 5.74) is 2.38. The molecule has 4 bridgehead atoms. The minimum Gasteiger partial charge on any atom is -0.355 e. The first kappa shape index (κ1) is 27.6. The van der Waals surface area contributed by atoms with Gasteiger partial charge in [0.1, 0.15) is 5.67 Å². The van der Waals surface area contributed by atoms with E-state index in [0.717, 1.165) is 67.8 Å². The Labute approximate surface area is 248 Å². The first-order valence-electron chi connectivity index (χ1n) is 15.8. The fraction of sp³-hybridized carbons (Fsp3) is 0.571. The highest BCUT2D eigenvalue weighted by Crippen LogP contribution is 2.70. The molecule has 0 unspecified atom stereocenters. The van der Waals surface area contributed by atoms with Crippen LogP contribution >= 0.6 is 0 Å². The molecule has 3 aromatic rings. The van der Waals surface area contributed by atoms with Crippen molar-refractivity contribution >= 4 is 23.0 Å². The predicted octanol–water partition coefficient (Wildman–Crippen LogP) is 8.19. The number of rotatable bonds is 8. The zero-order chi connectivity index (χ0) is 29.4. The maximum absolute atomic E-state index is 14.6. The molecule has 42 heavy (non-hydrogen) atoms. The van der Waals surface area contributed by atoms with Gasteiger partial charge in [0.05, 0.1) is 5.41 Å². The number of aryl methyl sites for hydroxylation is 1. The van der Waals surface area contributed by atoms with Crippen LogP contribution in [-0.4, -0.2) is 28.3 Å². The second-order valence-electron chi connectivity index (χ2n) is 15.0.